The highest BCUT2D eigenvalue weighted by Gasteiger charge is 2.35. The average Bonchev–Trinajstić information content (AvgIpc) is 2.89. The fourth-order valence-corrected chi connectivity index (χ4v) is 2.89. The van der Waals surface area contributed by atoms with E-state index < -0.39 is 17.2 Å². The molecule has 1 aromatic heterocycles. The molecule has 9 heteroatoms. The van der Waals surface area contributed by atoms with Gasteiger partial charge in [-0.05, 0) is 24.1 Å². The number of halogens is 5. The maximum atomic E-state index is 12.6. The summed E-state index contributed by atoms with van der Waals surface area (Å²) < 4.78 is 37.7. The summed E-state index contributed by atoms with van der Waals surface area (Å²) >= 11 is 12.3. The van der Waals surface area contributed by atoms with E-state index in [0.29, 0.717) is 32.7 Å². The highest BCUT2D eigenvalue weighted by molar-refractivity contribution is 7.11. The SMILES string of the molecule is NNC(Cc1ccc(Cl)c(Cl)c1)c1cnc(C(F)(F)F)s1. The summed E-state index contributed by atoms with van der Waals surface area (Å²) in [5.41, 5.74) is 3.29. The molecule has 2 rings (SSSR count). The molecule has 0 amide bonds. The van der Waals surface area contributed by atoms with Crippen molar-refractivity contribution >= 4 is 34.5 Å². The van der Waals surface area contributed by atoms with Crippen LogP contribution in [0.4, 0.5) is 13.2 Å². The van der Waals surface area contributed by atoms with E-state index in [1.165, 1.54) is 6.20 Å². The van der Waals surface area contributed by atoms with Gasteiger partial charge in [-0.3, -0.25) is 11.3 Å². The molecule has 0 saturated heterocycles. The minimum atomic E-state index is -4.45. The van der Waals surface area contributed by atoms with Gasteiger partial charge in [-0.15, -0.1) is 11.3 Å². The van der Waals surface area contributed by atoms with Crippen molar-refractivity contribution in [2.24, 2.45) is 5.84 Å². The molecular formula is C12H10Cl2F3N3S. The van der Waals surface area contributed by atoms with E-state index >= 15 is 0 Å². The summed E-state index contributed by atoms with van der Waals surface area (Å²) in [7, 11) is 0. The molecule has 0 aliphatic carbocycles. The lowest BCUT2D eigenvalue weighted by atomic mass is 10.1. The van der Waals surface area contributed by atoms with E-state index in [0.717, 1.165) is 5.56 Å². The number of thiazole rings is 1. The first-order valence-electron chi connectivity index (χ1n) is 5.74. The largest absolute Gasteiger partial charge is 0.443 e. The van der Waals surface area contributed by atoms with Gasteiger partial charge >= 0.3 is 6.18 Å². The minimum absolute atomic E-state index is 0.368. The molecule has 0 bridgehead atoms. The lowest BCUT2D eigenvalue weighted by Crippen LogP contribution is -2.29. The predicted octanol–water partition coefficient (Wildman–Crippen LogP) is 4.22. The van der Waals surface area contributed by atoms with Crippen LogP contribution in [0, 0.1) is 0 Å². The van der Waals surface area contributed by atoms with Gasteiger partial charge in [0.05, 0.1) is 16.1 Å². The molecule has 21 heavy (non-hydrogen) atoms. The monoisotopic (exact) mass is 355 g/mol. The third-order valence-electron chi connectivity index (χ3n) is 2.73. The second-order valence-electron chi connectivity index (χ2n) is 4.24. The molecule has 0 aliphatic heterocycles. The van der Waals surface area contributed by atoms with Crippen molar-refractivity contribution in [1.82, 2.24) is 10.4 Å². The number of alkyl halides is 3. The van der Waals surface area contributed by atoms with Crippen molar-refractivity contribution in [1.29, 1.82) is 0 Å². The average molecular weight is 356 g/mol. The molecule has 0 spiro atoms. The summed E-state index contributed by atoms with van der Waals surface area (Å²) in [6.45, 7) is 0. The second-order valence-corrected chi connectivity index (χ2v) is 6.11. The van der Waals surface area contributed by atoms with Gasteiger partial charge in [0.2, 0.25) is 0 Å². The Morgan fingerprint density at radius 1 is 1.29 bits per heavy atom. The summed E-state index contributed by atoms with van der Waals surface area (Å²) in [5, 5.41) is -0.105. The lowest BCUT2D eigenvalue weighted by molar-refractivity contribution is -0.137. The summed E-state index contributed by atoms with van der Waals surface area (Å²) in [6.07, 6.45) is -2.91. The third-order valence-corrected chi connectivity index (χ3v) is 4.63. The first-order chi connectivity index (χ1) is 9.81. The van der Waals surface area contributed by atoms with Crippen molar-refractivity contribution in [2.45, 2.75) is 18.6 Å². The molecule has 3 N–H and O–H groups in total. The van der Waals surface area contributed by atoms with Crippen molar-refractivity contribution in [3.63, 3.8) is 0 Å². The normalized spacial score (nSPS) is 13.4. The van der Waals surface area contributed by atoms with Crippen LogP contribution in [0.3, 0.4) is 0 Å². The topological polar surface area (TPSA) is 50.9 Å². The van der Waals surface area contributed by atoms with E-state index in [9.17, 15) is 13.2 Å². The molecule has 1 unspecified atom stereocenters. The van der Waals surface area contributed by atoms with Crippen LogP contribution >= 0.6 is 34.5 Å². The van der Waals surface area contributed by atoms with Crippen molar-refractivity contribution in [2.75, 3.05) is 0 Å². The first-order valence-corrected chi connectivity index (χ1v) is 7.31. The zero-order valence-electron chi connectivity index (χ0n) is 10.4. The van der Waals surface area contributed by atoms with Gasteiger partial charge in [-0.2, -0.15) is 13.2 Å². The first kappa shape index (κ1) is 16.5. The van der Waals surface area contributed by atoms with Crippen molar-refractivity contribution in [3.8, 4) is 0 Å². The fraction of sp³-hybridized carbons (Fsp3) is 0.250. The Morgan fingerprint density at radius 3 is 2.52 bits per heavy atom. The van der Waals surface area contributed by atoms with Crippen LogP contribution in [0.25, 0.3) is 0 Å². The van der Waals surface area contributed by atoms with Crippen LogP contribution in [0.15, 0.2) is 24.4 Å². The number of aromatic nitrogens is 1. The smallest absolute Gasteiger partial charge is 0.271 e. The van der Waals surface area contributed by atoms with E-state index in [1.807, 2.05) is 0 Å². The zero-order valence-corrected chi connectivity index (χ0v) is 12.7. The van der Waals surface area contributed by atoms with Crippen LogP contribution in [-0.4, -0.2) is 4.98 Å². The minimum Gasteiger partial charge on any atom is -0.271 e. The molecular weight excluding hydrogens is 346 g/mol. The Kier molecular flexibility index (Phi) is 5.11. The number of rotatable bonds is 4. The summed E-state index contributed by atoms with van der Waals surface area (Å²) in [6, 6.07) is 4.53. The van der Waals surface area contributed by atoms with E-state index in [4.69, 9.17) is 29.0 Å². The van der Waals surface area contributed by atoms with Crippen molar-refractivity contribution < 1.29 is 13.2 Å². The van der Waals surface area contributed by atoms with Crippen LogP contribution in [0.5, 0.6) is 0 Å². The highest BCUT2D eigenvalue weighted by Crippen LogP contribution is 2.35. The van der Waals surface area contributed by atoms with E-state index in [2.05, 4.69) is 10.4 Å². The number of benzene rings is 1. The molecule has 114 valence electrons. The molecule has 1 atom stereocenters. The Bertz CT molecular complexity index is 630. The molecule has 1 aromatic carbocycles. The Balaban J connectivity index is 2.19. The molecule has 1 heterocycles. The Morgan fingerprint density at radius 2 is 2.00 bits per heavy atom. The number of hydrogen-bond acceptors (Lipinski definition) is 4. The van der Waals surface area contributed by atoms with Crippen LogP contribution in [0.2, 0.25) is 10.0 Å². The number of hydrazine groups is 1. The standard InChI is InChI=1S/C12H10Cl2F3N3S/c13-7-2-1-6(3-8(7)14)4-9(20-18)10-5-19-11(21-10)12(15,16)17/h1-3,5,9,20H,4,18H2. The van der Waals surface area contributed by atoms with Gasteiger partial charge < -0.3 is 0 Å². The van der Waals surface area contributed by atoms with E-state index in [-0.39, 0.29) is 0 Å². The van der Waals surface area contributed by atoms with Crippen LogP contribution < -0.4 is 11.3 Å². The quantitative estimate of drug-likeness (QED) is 0.637. The third kappa shape index (κ3) is 4.08. The molecule has 0 radical (unpaired) electrons. The number of nitrogens with one attached hydrogen (secondary N) is 1. The summed E-state index contributed by atoms with van der Waals surface area (Å²) in [5.74, 6) is 5.43. The second kappa shape index (κ2) is 6.50. The van der Waals surface area contributed by atoms with Gasteiger partial charge in [0.15, 0.2) is 5.01 Å². The Labute approximate surface area is 132 Å². The van der Waals surface area contributed by atoms with Gasteiger partial charge in [-0.25, -0.2) is 4.98 Å². The van der Waals surface area contributed by atoms with Crippen LogP contribution in [0.1, 0.15) is 21.5 Å². The summed E-state index contributed by atoms with van der Waals surface area (Å²) in [4.78, 5) is 3.78. The van der Waals surface area contributed by atoms with Gasteiger partial charge in [0.25, 0.3) is 0 Å². The lowest BCUT2D eigenvalue weighted by Gasteiger charge is -2.14. The van der Waals surface area contributed by atoms with Crippen molar-refractivity contribution in [3.05, 3.63) is 49.9 Å². The number of nitrogens with zero attached hydrogens (tertiary/aromatic N) is 1. The fourth-order valence-electron chi connectivity index (χ4n) is 1.72. The van der Waals surface area contributed by atoms with Gasteiger partial charge in [-0.1, -0.05) is 29.3 Å². The zero-order chi connectivity index (χ0) is 15.6. The molecule has 0 fully saturated rings. The predicted molar refractivity (Wildman–Crippen MR) is 77.3 cm³/mol. The maximum Gasteiger partial charge on any atom is 0.443 e. The number of nitrogens with two attached hydrogens (primary N) is 1. The molecule has 2 aromatic rings. The maximum absolute atomic E-state index is 12.6. The van der Waals surface area contributed by atoms with Crippen LogP contribution in [-0.2, 0) is 12.6 Å². The molecule has 0 saturated carbocycles. The van der Waals surface area contributed by atoms with Gasteiger partial charge in [0.1, 0.15) is 0 Å². The molecule has 0 aliphatic rings. The Hall–Kier alpha value is -0.860. The highest BCUT2D eigenvalue weighted by atomic mass is 35.5. The number of hydrogen-bond donors (Lipinski definition) is 2. The van der Waals surface area contributed by atoms with Gasteiger partial charge in [0, 0.05) is 11.1 Å². The molecule has 3 nitrogen and oxygen atoms in total. The van der Waals surface area contributed by atoms with E-state index in [1.54, 1.807) is 18.2 Å².